The molecule has 0 saturated carbocycles. The highest BCUT2D eigenvalue weighted by Crippen LogP contribution is 2.24. The molecule has 1 fully saturated rings. The maximum absolute atomic E-state index is 5.30. The third kappa shape index (κ3) is 2.53. The van der Waals surface area contributed by atoms with Crippen molar-refractivity contribution in [2.45, 2.75) is 6.54 Å². The summed E-state index contributed by atoms with van der Waals surface area (Å²) in [7, 11) is 0. The van der Waals surface area contributed by atoms with E-state index in [9.17, 15) is 0 Å². The van der Waals surface area contributed by atoms with E-state index in [1.165, 1.54) is 9.35 Å². The van der Waals surface area contributed by atoms with Gasteiger partial charge in [0, 0.05) is 29.0 Å². The summed E-state index contributed by atoms with van der Waals surface area (Å²) in [6, 6.07) is 2.11. The summed E-state index contributed by atoms with van der Waals surface area (Å²) < 4.78 is 6.54. The van der Waals surface area contributed by atoms with Gasteiger partial charge in [0.05, 0.1) is 13.2 Å². The van der Waals surface area contributed by atoms with E-state index in [0.29, 0.717) is 0 Å². The second-order valence-electron chi connectivity index (χ2n) is 3.08. The first kappa shape index (κ1) is 9.65. The van der Waals surface area contributed by atoms with Gasteiger partial charge in [0.2, 0.25) is 0 Å². The predicted octanol–water partition coefficient (Wildman–Crippen LogP) is 2.34. The van der Waals surface area contributed by atoms with Gasteiger partial charge in [0.25, 0.3) is 0 Å². The molecule has 0 bridgehead atoms. The van der Waals surface area contributed by atoms with E-state index in [1.54, 1.807) is 0 Å². The molecule has 0 spiro atoms. The maximum Gasteiger partial charge on any atom is 0.0594 e. The Morgan fingerprint density at radius 2 is 2.23 bits per heavy atom. The van der Waals surface area contributed by atoms with Crippen LogP contribution in [-0.4, -0.2) is 31.2 Å². The van der Waals surface area contributed by atoms with Crippen molar-refractivity contribution in [1.82, 2.24) is 4.90 Å². The lowest BCUT2D eigenvalue weighted by atomic mass is 10.4. The summed E-state index contributed by atoms with van der Waals surface area (Å²) in [5, 5.41) is 2.12. The van der Waals surface area contributed by atoms with Crippen molar-refractivity contribution in [3.05, 3.63) is 20.8 Å². The Kier molecular flexibility index (Phi) is 3.38. The highest BCUT2D eigenvalue weighted by atomic mass is 79.9. The van der Waals surface area contributed by atoms with Gasteiger partial charge in [-0.05, 0) is 27.4 Å². The van der Waals surface area contributed by atoms with Gasteiger partial charge in [-0.25, -0.2) is 0 Å². The molecule has 0 unspecified atom stereocenters. The zero-order valence-corrected chi connectivity index (χ0v) is 9.73. The molecule has 0 amide bonds. The quantitative estimate of drug-likeness (QED) is 0.811. The molecule has 1 aliphatic rings. The summed E-state index contributed by atoms with van der Waals surface area (Å²) in [4.78, 5) is 3.85. The van der Waals surface area contributed by atoms with Crippen LogP contribution in [0.3, 0.4) is 0 Å². The number of thiophene rings is 1. The highest BCUT2D eigenvalue weighted by molar-refractivity contribution is 9.10. The van der Waals surface area contributed by atoms with Crippen molar-refractivity contribution in [3.8, 4) is 0 Å². The van der Waals surface area contributed by atoms with E-state index in [4.69, 9.17) is 4.74 Å². The van der Waals surface area contributed by atoms with Crippen LogP contribution in [0.1, 0.15) is 4.88 Å². The average Bonchev–Trinajstić information content (AvgIpc) is 2.54. The molecule has 0 atom stereocenters. The molecule has 0 radical (unpaired) electrons. The van der Waals surface area contributed by atoms with E-state index in [2.05, 4.69) is 32.3 Å². The summed E-state index contributed by atoms with van der Waals surface area (Å²) in [5.41, 5.74) is 0. The van der Waals surface area contributed by atoms with Gasteiger partial charge in [-0.3, -0.25) is 4.90 Å². The van der Waals surface area contributed by atoms with E-state index >= 15 is 0 Å². The maximum atomic E-state index is 5.30. The molecule has 1 saturated heterocycles. The second-order valence-corrected chi connectivity index (χ2v) is 4.94. The lowest BCUT2D eigenvalue weighted by molar-refractivity contribution is 0.0345. The van der Waals surface area contributed by atoms with Crippen LogP contribution < -0.4 is 0 Å². The van der Waals surface area contributed by atoms with Gasteiger partial charge >= 0.3 is 0 Å². The number of rotatable bonds is 2. The summed E-state index contributed by atoms with van der Waals surface area (Å²) in [6.07, 6.45) is 0. The van der Waals surface area contributed by atoms with E-state index in [-0.39, 0.29) is 0 Å². The third-order valence-corrected chi connectivity index (χ3v) is 4.07. The lowest BCUT2D eigenvalue weighted by Gasteiger charge is -2.26. The minimum atomic E-state index is 0.878. The van der Waals surface area contributed by atoms with E-state index < -0.39 is 0 Å². The Bertz CT molecular complexity index is 270. The van der Waals surface area contributed by atoms with Gasteiger partial charge in [0.1, 0.15) is 0 Å². The third-order valence-electron chi connectivity index (χ3n) is 2.16. The first-order valence-corrected chi connectivity index (χ1v) is 6.05. The Morgan fingerprint density at radius 3 is 2.85 bits per heavy atom. The first-order chi connectivity index (χ1) is 6.36. The zero-order chi connectivity index (χ0) is 9.10. The van der Waals surface area contributed by atoms with Crippen LogP contribution in [0, 0.1) is 0 Å². The number of nitrogens with zero attached hydrogens (tertiary/aromatic N) is 1. The Labute approximate surface area is 90.6 Å². The van der Waals surface area contributed by atoms with Gasteiger partial charge < -0.3 is 4.74 Å². The first-order valence-electron chi connectivity index (χ1n) is 4.38. The van der Waals surface area contributed by atoms with Crippen LogP contribution in [0.15, 0.2) is 15.9 Å². The fraction of sp³-hybridized carbons (Fsp3) is 0.556. The fourth-order valence-electron chi connectivity index (χ4n) is 1.40. The van der Waals surface area contributed by atoms with Crippen molar-refractivity contribution < 1.29 is 4.74 Å². The molecule has 2 rings (SSSR count). The molecule has 1 aromatic heterocycles. The molecule has 2 heterocycles. The molecule has 72 valence electrons. The van der Waals surface area contributed by atoms with Crippen molar-refractivity contribution >= 4 is 27.3 Å². The molecule has 2 nitrogen and oxygen atoms in total. The standard InChI is InChI=1S/C9H12BrNOS/c10-8-1-6-13-9(8)7-11-2-4-12-5-3-11/h1,6H,2-5,7H2. The number of ether oxygens (including phenoxy) is 1. The molecular formula is C9H12BrNOS. The van der Waals surface area contributed by atoms with E-state index in [1.807, 2.05) is 11.3 Å². The van der Waals surface area contributed by atoms with E-state index in [0.717, 1.165) is 32.8 Å². The van der Waals surface area contributed by atoms with Crippen LogP contribution in [0.5, 0.6) is 0 Å². The van der Waals surface area contributed by atoms with Gasteiger partial charge in [-0.2, -0.15) is 0 Å². The molecule has 1 aromatic rings. The zero-order valence-electron chi connectivity index (χ0n) is 7.33. The van der Waals surface area contributed by atoms with Crippen molar-refractivity contribution in [2.24, 2.45) is 0 Å². The molecule has 0 N–H and O–H groups in total. The number of halogens is 1. The summed E-state index contributed by atoms with van der Waals surface area (Å²) >= 11 is 5.36. The Balaban J connectivity index is 1.93. The highest BCUT2D eigenvalue weighted by Gasteiger charge is 2.12. The Hall–Kier alpha value is 0.1000. The minimum absolute atomic E-state index is 0.878. The van der Waals surface area contributed by atoms with Crippen LogP contribution in [0.2, 0.25) is 0 Å². The van der Waals surface area contributed by atoms with Crippen LogP contribution in [0.25, 0.3) is 0 Å². The van der Waals surface area contributed by atoms with Crippen LogP contribution >= 0.6 is 27.3 Å². The van der Waals surface area contributed by atoms with Gasteiger partial charge in [-0.15, -0.1) is 11.3 Å². The lowest BCUT2D eigenvalue weighted by Crippen LogP contribution is -2.35. The monoisotopic (exact) mass is 261 g/mol. The topological polar surface area (TPSA) is 12.5 Å². The molecule has 0 aromatic carbocycles. The SMILES string of the molecule is Brc1ccsc1CN1CCOCC1. The number of morpholine rings is 1. The second kappa shape index (κ2) is 4.55. The van der Waals surface area contributed by atoms with Crippen LogP contribution in [-0.2, 0) is 11.3 Å². The number of hydrogen-bond acceptors (Lipinski definition) is 3. The predicted molar refractivity (Wildman–Crippen MR) is 58.1 cm³/mol. The average molecular weight is 262 g/mol. The fourth-order valence-corrected chi connectivity index (χ4v) is 2.92. The van der Waals surface area contributed by atoms with Crippen LogP contribution in [0.4, 0.5) is 0 Å². The smallest absolute Gasteiger partial charge is 0.0594 e. The largest absolute Gasteiger partial charge is 0.379 e. The molecule has 0 aliphatic carbocycles. The number of hydrogen-bond donors (Lipinski definition) is 0. The molecule has 4 heteroatoms. The normalized spacial score (nSPS) is 19.2. The van der Waals surface area contributed by atoms with Gasteiger partial charge in [0.15, 0.2) is 0 Å². The molecule has 1 aliphatic heterocycles. The van der Waals surface area contributed by atoms with Crippen molar-refractivity contribution in [2.75, 3.05) is 26.3 Å². The van der Waals surface area contributed by atoms with Gasteiger partial charge in [-0.1, -0.05) is 0 Å². The minimum Gasteiger partial charge on any atom is -0.379 e. The Morgan fingerprint density at radius 1 is 1.46 bits per heavy atom. The summed E-state index contributed by atoms with van der Waals surface area (Å²) in [5.74, 6) is 0. The summed E-state index contributed by atoms with van der Waals surface area (Å²) in [6.45, 7) is 4.93. The van der Waals surface area contributed by atoms with Crippen molar-refractivity contribution in [1.29, 1.82) is 0 Å². The molecule has 13 heavy (non-hydrogen) atoms. The molecular weight excluding hydrogens is 250 g/mol. The van der Waals surface area contributed by atoms with Crippen molar-refractivity contribution in [3.63, 3.8) is 0 Å².